The first-order valence-corrected chi connectivity index (χ1v) is 12.6. The molecule has 2 aliphatic heterocycles. The third-order valence-electron chi connectivity index (χ3n) is 7.37. The summed E-state index contributed by atoms with van der Waals surface area (Å²) < 4.78 is 9.28. The van der Waals surface area contributed by atoms with E-state index in [2.05, 4.69) is 15.1 Å². The van der Waals surface area contributed by atoms with Crippen molar-refractivity contribution in [3.63, 3.8) is 0 Å². The van der Waals surface area contributed by atoms with Crippen LogP contribution in [0.1, 0.15) is 23.2 Å². The largest absolute Gasteiger partial charge is 0.399 e. The maximum absolute atomic E-state index is 13.8. The van der Waals surface area contributed by atoms with E-state index in [1.54, 1.807) is 6.07 Å². The first kappa shape index (κ1) is 22.8. The molecular formula is C26H31N7O3. The third kappa shape index (κ3) is 3.77. The number of nitrogens with two attached hydrogens (primary N) is 1. The lowest BCUT2D eigenvalue weighted by Crippen LogP contribution is -2.37. The number of fused-ring (bicyclic) bond motifs is 5. The number of carbonyl (C=O) groups excluding carboxylic acids is 1. The fraction of sp³-hybridized carbons (Fsp3) is 0.423. The quantitative estimate of drug-likeness (QED) is 0.410. The van der Waals surface area contributed by atoms with Crippen LogP contribution in [0.15, 0.2) is 35.1 Å². The van der Waals surface area contributed by atoms with Crippen molar-refractivity contribution in [2.45, 2.75) is 12.8 Å². The van der Waals surface area contributed by atoms with Crippen molar-refractivity contribution >= 4 is 45.1 Å². The number of imidazole rings is 1. The van der Waals surface area contributed by atoms with E-state index >= 15 is 0 Å². The first-order valence-electron chi connectivity index (χ1n) is 12.6. The maximum atomic E-state index is 13.8. The molecule has 188 valence electrons. The molecule has 36 heavy (non-hydrogen) atoms. The second-order valence-electron chi connectivity index (χ2n) is 9.61. The van der Waals surface area contributed by atoms with Crippen molar-refractivity contribution in [1.29, 1.82) is 0 Å². The highest BCUT2D eigenvalue weighted by molar-refractivity contribution is 6.06. The SMILES string of the molecule is Cn1c2ccc(N)cc2n2c3nc(N4CCOCC4)ccc3c(=O)c(C(=O)NCCN3CCCC3)c12. The molecule has 2 aliphatic rings. The Hall–Kier alpha value is -3.63. The van der Waals surface area contributed by atoms with Crippen LogP contribution in [0.2, 0.25) is 0 Å². The van der Waals surface area contributed by atoms with Gasteiger partial charge in [-0.05, 0) is 56.3 Å². The molecule has 0 unspecified atom stereocenters. The number of hydrogen-bond acceptors (Lipinski definition) is 7. The average Bonchev–Trinajstić information content (AvgIpc) is 3.51. The number of pyridine rings is 2. The zero-order valence-electron chi connectivity index (χ0n) is 20.5. The molecule has 3 aromatic heterocycles. The molecule has 0 atom stereocenters. The predicted octanol–water partition coefficient (Wildman–Crippen LogP) is 1.58. The zero-order valence-corrected chi connectivity index (χ0v) is 20.5. The van der Waals surface area contributed by atoms with Crippen molar-refractivity contribution < 1.29 is 9.53 Å². The van der Waals surface area contributed by atoms with Gasteiger partial charge in [0.15, 0.2) is 5.65 Å². The zero-order chi connectivity index (χ0) is 24.8. The topological polar surface area (TPSA) is 110 Å². The summed E-state index contributed by atoms with van der Waals surface area (Å²) in [5.41, 5.74) is 9.26. The molecule has 5 heterocycles. The van der Waals surface area contributed by atoms with E-state index in [9.17, 15) is 9.59 Å². The summed E-state index contributed by atoms with van der Waals surface area (Å²) in [5, 5.41) is 3.40. The fourth-order valence-corrected chi connectivity index (χ4v) is 5.49. The lowest BCUT2D eigenvalue weighted by molar-refractivity contribution is 0.0950. The number of hydrogen-bond donors (Lipinski definition) is 2. The van der Waals surface area contributed by atoms with Gasteiger partial charge in [-0.15, -0.1) is 0 Å². The molecule has 0 radical (unpaired) electrons. The van der Waals surface area contributed by atoms with E-state index in [-0.39, 0.29) is 16.9 Å². The summed E-state index contributed by atoms with van der Waals surface area (Å²) in [6.45, 7) is 6.12. The lowest BCUT2D eigenvalue weighted by Gasteiger charge is -2.28. The number of aryl methyl sites for hydroxylation is 1. The van der Waals surface area contributed by atoms with Crippen molar-refractivity contribution in [3.05, 3.63) is 46.1 Å². The van der Waals surface area contributed by atoms with Crippen LogP contribution in [0.4, 0.5) is 11.5 Å². The molecule has 10 heteroatoms. The summed E-state index contributed by atoms with van der Waals surface area (Å²) in [7, 11) is 1.87. The Kier molecular flexibility index (Phi) is 5.77. The Morgan fingerprint density at radius 1 is 1.08 bits per heavy atom. The number of nitrogen functional groups attached to an aromatic ring is 1. The Bertz CT molecular complexity index is 1530. The number of rotatable bonds is 5. The average molecular weight is 490 g/mol. The highest BCUT2D eigenvalue weighted by atomic mass is 16.5. The van der Waals surface area contributed by atoms with Gasteiger partial charge in [0, 0.05) is 38.9 Å². The van der Waals surface area contributed by atoms with Crippen LogP contribution in [-0.2, 0) is 11.8 Å². The highest BCUT2D eigenvalue weighted by Crippen LogP contribution is 2.28. The van der Waals surface area contributed by atoms with Crippen LogP contribution in [0.25, 0.3) is 27.7 Å². The highest BCUT2D eigenvalue weighted by Gasteiger charge is 2.25. The van der Waals surface area contributed by atoms with Crippen LogP contribution >= 0.6 is 0 Å². The first-order chi connectivity index (χ1) is 17.5. The van der Waals surface area contributed by atoms with Gasteiger partial charge < -0.3 is 30.2 Å². The molecule has 2 saturated heterocycles. The normalized spacial score (nSPS) is 17.0. The smallest absolute Gasteiger partial charge is 0.259 e. The lowest BCUT2D eigenvalue weighted by atomic mass is 10.1. The Labute approximate surface area is 208 Å². The van der Waals surface area contributed by atoms with Crippen molar-refractivity contribution in [1.82, 2.24) is 24.2 Å². The Morgan fingerprint density at radius 2 is 1.86 bits per heavy atom. The van der Waals surface area contributed by atoms with Crippen LogP contribution in [0, 0.1) is 0 Å². The third-order valence-corrected chi connectivity index (χ3v) is 7.37. The van der Waals surface area contributed by atoms with E-state index in [1.165, 1.54) is 12.8 Å². The van der Waals surface area contributed by atoms with Gasteiger partial charge >= 0.3 is 0 Å². The van der Waals surface area contributed by atoms with Crippen LogP contribution in [0.3, 0.4) is 0 Å². The predicted molar refractivity (Wildman–Crippen MR) is 141 cm³/mol. The fourth-order valence-electron chi connectivity index (χ4n) is 5.49. The number of ether oxygens (including phenoxy) is 1. The molecule has 0 aliphatic carbocycles. The van der Waals surface area contributed by atoms with Gasteiger partial charge in [-0.25, -0.2) is 4.98 Å². The molecule has 6 rings (SSSR count). The summed E-state index contributed by atoms with van der Waals surface area (Å²) in [6, 6.07) is 9.24. The van der Waals surface area contributed by atoms with Crippen molar-refractivity contribution in [2.24, 2.45) is 7.05 Å². The molecular weight excluding hydrogens is 458 g/mol. The van der Waals surface area contributed by atoms with E-state index in [1.807, 2.05) is 40.3 Å². The van der Waals surface area contributed by atoms with Gasteiger partial charge in [0.1, 0.15) is 17.0 Å². The van der Waals surface area contributed by atoms with Crippen molar-refractivity contribution in [3.8, 4) is 0 Å². The molecule has 1 amide bonds. The Balaban J connectivity index is 1.53. The van der Waals surface area contributed by atoms with Crippen LogP contribution in [0.5, 0.6) is 0 Å². The van der Waals surface area contributed by atoms with Crippen molar-refractivity contribution in [2.75, 3.05) is 63.1 Å². The van der Waals surface area contributed by atoms with E-state index < -0.39 is 0 Å². The maximum Gasteiger partial charge on any atom is 0.259 e. The molecule has 4 aromatic rings. The summed E-state index contributed by atoms with van der Waals surface area (Å²) in [5.74, 6) is 0.414. The summed E-state index contributed by atoms with van der Waals surface area (Å²) in [4.78, 5) is 36.7. The number of nitrogens with one attached hydrogen (secondary N) is 1. The monoisotopic (exact) mass is 489 g/mol. The van der Waals surface area contributed by atoms with E-state index in [4.69, 9.17) is 15.5 Å². The second kappa shape index (κ2) is 9.11. The molecule has 3 N–H and O–H groups in total. The van der Waals surface area contributed by atoms with Gasteiger partial charge in [-0.3, -0.25) is 14.0 Å². The molecule has 2 fully saturated rings. The number of carbonyl (C=O) groups is 1. The van der Waals surface area contributed by atoms with Crippen LogP contribution < -0.4 is 21.4 Å². The summed E-state index contributed by atoms with van der Waals surface area (Å²) in [6.07, 6.45) is 2.39. The minimum Gasteiger partial charge on any atom is -0.399 e. The molecule has 0 saturated carbocycles. The molecule has 0 bridgehead atoms. The van der Waals surface area contributed by atoms with E-state index in [0.29, 0.717) is 42.1 Å². The number of morpholine rings is 1. The number of amides is 1. The van der Waals surface area contributed by atoms with Gasteiger partial charge in [0.25, 0.3) is 5.91 Å². The minimum atomic E-state index is -0.366. The molecule has 10 nitrogen and oxygen atoms in total. The number of aromatic nitrogens is 3. The van der Waals surface area contributed by atoms with Gasteiger partial charge in [-0.1, -0.05) is 0 Å². The second-order valence-corrected chi connectivity index (χ2v) is 9.61. The van der Waals surface area contributed by atoms with Gasteiger partial charge in [-0.2, -0.15) is 0 Å². The minimum absolute atomic E-state index is 0.127. The van der Waals surface area contributed by atoms with Gasteiger partial charge in [0.05, 0.1) is 29.6 Å². The summed E-state index contributed by atoms with van der Waals surface area (Å²) >= 11 is 0. The van der Waals surface area contributed by atoms with E-state index in [0.717, 1.165) is 49.6 Å². The number of anilines is 2. The number of nitrogens with zero attached hydrogens (tertiary/aromatic N) is 5. The number of likely N-dealkylation sites (tertiary alicyclic amines) is 1. The number of benzene rings is 1. The molecule has 0 spiro atoms. The molecule has 1 aromatic carbocycles. The van der Waals surface area contributed by atoms with Crippen LogP contribution in [-0.4, -0.2) is 77.2 Å². The Morgan fingerprint density at radius 3 is 2.64 bits per heavy atom. The standard InChI is InChI=1S/C26H31N7O3/c1-30-19-6-4-17(27)16-20(19)33-24-18(5-7-21(29-24)32-12-14-36-15-13-32)23(34)22(26(30)33)25(35)28-8-11-31-9-2-3-10-31/h4-7,16H,2-3,8-15,27H2,1H3,(H,28,35). The van der Waals surface area contributed by atoms with Gasteiger partial charge in [0.2, 0.25) is 5.43 Å².